The van der Waals surface area contributed by atoms with E-state index in [1.54, 1.807) is 6.92 Å². The molecule has 0 bridgehead atoms. The standard InChI is InChI=1S/C15H13Cl3O4/c1-3-9(2)21-13(19)5-4-6-14(20)22-12-8-10(16)7-11(17)15(12)18/h1,7-9H,4-6H2,2H3. The lowest BCUT2D eigenvalue weighted by Gasteiger charge is -2.09. The van der Waals surface area contributed by atoms with Crippen LogP contribution in [0.5, 0.6) is 5.75 Å². The van der Waals surface area contributed by atoms with E-state index >= 15 is 0 Å². The Balaban J connectivity index is 2.45. The normalized spacial score (nSPS) is 11.4. The second kappa shape index (κ2) is 8.89. The molecule has 0 aliphatic rings. The van der Waals surface area contributed by atoms with Crippen LogP contribution in [0.3, 0.4) is 0 Å². The van der Waals surface area contributed by atoms with Gasteiger partial charge in [-0.2, -0.15) is 0 Å². The van der Waals surface area contributed by atoms with E-state index in [1.807, 2.05) is 0 Å². The van der Waals surface area contributed by atoms with Gasteiger partial charge in [0.05, 0.1) is 5.02 Å². The van der Waals surface area contributed by atoms with Crippen LogP contribution in [-0.4, -0.2) is 18.0 Å². The summed E-state index contributed by atoms with van der Waals surface area (Å²) in [7, 11) is 0. The summed E-state index contributed by atoms with van der Waals surface area (Å²) in [4.78, 5) is 23.1. The van der Waals surface area contributed by atoms with Gasteiger partial charge in [-0.25, -0.2) is 0 Å². The van der Waals surface area contributed by atoms with Crippen LogP contribution >= 0.6 is 34.8 Å². The summed E-state index contributed by atoms with van der Waals surface area (Å²) in [6.07, 6.45) is 4.83. The lowest BCUT2D eigenvalue weighted by Crippen LogP contribution is -2.14. The predicted octanol–water partition coefficient (Wildman–Crippen LogP) is 4.29. The van der Waals surface area contributed by atoms with E-state index in [-0.39, 0.29) is 35.1 Å². The number of esters is 2. The fourth-order valence-electron chi connectivity index (χ4n) is 1.45. The number of carbonyl (C=O) groups excluding carboxylic acids is 2. The van der Waals surface area contributed by atoms with Crippen LogP contribution in [-0.2, 0) is 14.3 Å². The molecule has 0 heterocycles. The zero-order valence-corrected chi connectivity index (χ0v) is 14.0. The highest BCUT2D eigenvalue weighted by Crippen LogP contribution is 2.35. The third-order valence-corrected chi connectivity index (χ3v) is 3.49. The number of ether oxygens (including phenoxy) is 2. The third kappa shape index (κ3) is 6.15. The number of carbonyl (C=O) groups is 2. The molecule has 1 aromatic carbocycles. The summed E-state index contributed by atoms with van der Waals surface area (Å²) in [5, 5.41) is 0.578. The maximum atomic E-state index is 11.7. The summed E-state index contributed by atoms with van der Waals surface area (Å²) < 4.78 is 9.93. The Labute approximate surface area is 143 Å². The first-order chi connectivity index (χ1) is 10.3. The maximum Gasteiger partial charge on any atom is 0.311 e. The minimum atomic E-state index is -0.591. The lowest BCUT2D eigenvalue weighted by atomic mass is 10.2. The summed E-state index contributed by atoms with van der Waals surface area (Å²) >= 11 is 17.5. The molecule has 0 N–H and O–H groups in total. The van der Waals surface area contributed by atoms with Crippen molar-refractivity contribution in [3.05, 3.63) is 27.2 Å². The van der Waals surface area contributed by atoms with E-state index < -0.39 is 18.0 Å². The Morgan fingerprint density at radius 3 is 2.50 bits per heavy atom. The minimum Gasteiger partial charge on any atom is -0.449 e. The predicted molar refractivity (Wildman–Crippen MR) is 85.3 cm³/mol. The first-order valence-corrected chi connectivity index (χ1v) is 7.47. The van der Waals surface area contributed by atoms with Crippen LogP contribution in [0, 0.1) is 12.3 Å². The van der Waals surface area contributed by atoms with Crippen molar-refractivity contribution in [1.29, 1.82) is 0 Å². The van der Waals surface area contributed by atoms with Gasteiger partial charge in [0.2, 0.25) is 0 Å². The lowest BCUT2D eigenvalue weighted by molar-refractivity contribution is -0.146. The number of hydrogen-bond acceptors (Lipinski definition) is 4. The minimum absolute atomic E-state index is 0.0139. The molecule has 0 aliphatic carbocycles. The van der Waals surface area contributed by atoms with E-state index in [0.29, 0.717) is 5.02 Å². The number of halogens is 3. The number of terminal acetylenes is 1. The van der Waals surface area contributed by atoms with Crippen molar-refractivity contribution in [2.24, 2.45) is 0 Å². The van der Waals surface area contributed by atoms with Gasteiger partial charge in [-0.1, -0.05) is 40.7 Å². The number of rotatable bonds is 6. The molecule has 0 aromatic heterocycles. The molecule has 0 radical (unpaired) electrons. The molecule has 118 valence electrons. The second-order valence-electron chi connectivity index (χ2n) is 4.33. The molecule has 1 rings (SSSR count). The Morgan fingerprint density at radius 2 is 1.86 bits per heavy atom. The number of hydrogen-bond donors (Lipinski definition) is 0. The van der Waals surface area contributed by atoms with Crippen molar-refractivity contribution in [1.82, 2.24) is 0 Å². The number of benzene rings is 1. The Morgan fingerprint density at radius 1 is 1.23 bits per heavy atom. The maximum absolute atomic E-state index is 11.7. The van der Waals surface area contributed by atoms with E-state index in [1.165, 1.54) is 12.1 Å². The first-order valence-electron chi connectivity index (χ1n) is 6.34. The van der Waals surface area contributed by atoms with Crippen molar-refractivity contribution < 1.29 is 19.1 Å². The van der Waals surface area contributed by atoms with Gasteiger partial charge in [0, 0.05) is 23.9 Å². The molecular formula is C15H13Cl3O4. The zero-order chi connectivity index (χ0) is 16.7. The quantitative estimate of drug-likeness (QED) is 0.327. The highest BCUT2D eigenvalue weighted by atomic mass is 35.5. The topological polar surface area (TPSA) is 52.6 Å². The smallest absolute Gasteiger partial charge is 0.311 e. The molecule has 22 heavy (non-hydrogen) atoms. The average Bonchev–Trinajstić information content (AvgIpc) is 2.43. The Kier molecular flexibility index (Phi) is 7.53. The Hall–Kier alpha value is -1.41. The van der Waals surface area contributed by atoms with Crippen molar-refractivity contribution in [2.75, 3.05) is 0 Å². The molecule has 0 saturated heterocycles. The molecule has 1 aromatic rings. The monoisotopic (exact) mass is 362 g/mol. The van der Waals surface area contributed by atoms with Crippen LogP contribution in [0.25, 0.3) is 0 Å². The molecule has 7 heteroatoms. The third-order valence-electron chi connectivity index (χ3n) is 2.49. The largest absolute Gasteiger partial charge is 0.449 e. The fraction of sp³-hybridized carbons (Fsp3) is 0.333. The van der Waals surface area contributed by atoms with Gasteiger partial charge in [0.15, 0.2) is 11.9 Å². The van der Waals surface area contributed by atoms with Crippen LogP contribution in [0.2, 0.25) is 15.1 Å². The summed E-state index contributed by atoms with van der Waals surface area (Å²) in [6.45, 7) is 1.58. The van der Waals surface area contributed by atoms with Crippen molar-refractivity contribution in [3.63, 3.8) is 0 Å². The van der Waals surface area contributed by atoms with Crippen LogP contribution in [0.15, 0.2) is 12.1 Å². The van der Waals surface area contributed by atoms with E-state index in [9.17, 15) is 9.59 Å². The fourth-order valence-corrected chi connectivity index (χ4v) is 2.07. The zero-order valence-electron chi connectivity index (χ0n) is 11.7. The van der Waals surface area contributed by atoms with E-state index in [4.69, 9.17) is 50.7 Å². The highest BCUT2D eigenvalue weighted by molar-refractivity contribution is 6.44. The molecule has 1 unspecified atom stereocenters. The molecule has 1 atom stereocenters. The van der Waals surface area contributed by atoms with Gasteiger partial charge in [0.1, 0.15) is 5.02 Å². The Bertz CT molecular complexity index is 608. The SMILES string of the molecule is C#CC(C)OC(=O)CCCC(=O)Oc1cc(Cl)cc(Cl)c1Cl. The molecule has 0 amide bonds. The summed E-state index contributed by atoms with van der Waals surface area (Å²) in [5.74, 6) is 1.32. The van der Waals surface area contributed by atoms with Gasteiger partial charge in [-0.05, 0) is 19.4 Å². The van der Waals surface area contributed by atoms with Gasteiger partial charge in [0.25, 0.3) is 0 Å². The van der Waals surface area contributed by atoms with Gasteiger partial charge in [-0.3, -0.25) is 9.59 Å². The van der Waals surface area contributed by atoms with Crippen LogP contribution in [0.1, 0.15) is 26.2 Å². The molecule has 0 fully saturated rings. The molecule has 0 aliphatic heterocycles. The van der Waals surface area contributed by atoms with Crippen molar-refractivity contribution in [3.8, 4) is 18.1 Å². The van der Waals surface area contributed by atoms with Crippen LogP contribution < -0.4 is 4.74 Å². The van der Waals surface area contributed by atoms with Crippen LogP contribution in [0.4, 0.5) is 0 Å². The second-order valence-corrected chi connectivity index (χ2v) is 5.55. The summed E-state index contributed by atoms with van der Waals surface area (Å²) in [5.41, 5.74) is 0. The van der Waals surface area contributed by atoms with Gasteiger partial charge < -0.3 is 9.47 Å². The van der Waals surface area contributed by atoms with E-state index in [0.717, 1.165) is 0 Å². The van der Waals surface area contributed by atoms with Gasteiger partial charge in [-0.15, -0.1) is 6.42 Å². The molecule has 0 spiro atoms. The first kappa shape index (κ1) is 18.6. The summed E-state index contributed by atoms with van der Waals surface area (Å²) in [6, 6.07) is 2.82. The van der Waals surface area contributed by atoms with Gasteiger partial charge >= 0.3 is 11.9 Å². The molecular weight excluding hydrogens is 351 g/mol. The van der Waals surface area contributed by atoms with Crippen molar-refractivity contribution in [2.45, 2.75) is 32.3 Å². The van der Waals surface area contributed by atoms with E-state index in [2.05, 4.69) is 5.92 Å². The highest BCUT2D eigenvalue weighted by Gasteiger charge is 2.14. The molecule has 4 nitrogen and oxygen atoms in total. The average molecular weight is 364 g/mol. The van der Waals surface area contributed by atoms with Crippen molar-refractivity contribution >= 4 is 46.7 Å². The molecule has 0 saturated carbocycles.